The molecule has 1 saturated heterocycles. The van der Waals surface area contributed by atoms with Gasteiger partial charge < -0.3 is 20.1 Å². The van der Waals surface area contributed by atoms with Gasteiger partial charge in [-0.1, -0.05) is 0 Å². The molecule has 1 aromatic rings. The smallest absolute Gasteiger partial charge is 0.321 e. The Balaban J connectivity index is 2.02. The van der Waals surface area contributed by atoms with Crippen molar-refractivity contribution in [2.24, 2.45) is 5.92 Å². The first-order valence-electron chi connectivity index (χ1n) is 9.20. The van der Waals surface area contributed by atoms with Crippen LogP contribution in [0.4, 0.5) is 5.69 Å². The van der Waals surface area contributed by atoms with Crippen LogP contribution in [0.15, 0.2) is 18.2 Å². The summed E-state index contributed by atoms with van der Waals surface area (Å²) in [6, 6.07) is 4.92. The van der Waals surface area contributed by atoms with Gasteiger partial charge in [0.15, 0.2) is 11.7 Å². The number of ether oxygens (including phenoxy) is 2. The molecule has 27 heavy (non-hydrogen) atoms. The number of benzene rings is 1. The highest BCUT2D eigenvalue weighted by atomic mass is 16.6. The van der Waals surface area contributed by atoms with E-state index in [1.54, 1.807) is 39.0 Å². The van der Waals surface area contributed by atoms with Gasteiger partial charge in [0.25, 0.3) is 0 Å². The van der Waals surface area contributed by atoms with Gasteiger partial charge in [-0.05, 0) is 52.1 Å². The maximum absolute atomic E-state index is 13.3. The lowest BCUT2D eigenvalue weighted by atomic mass is 9.73. The van der Waals surface area contributed by atoms with Gasteiger partial charge in [0.1, 0.15) is 17.0 Å². The summed E-state index contributed by atoms with van der Waals surface area (Å²) in [5, 5.41) is 5.90. The van der Waals surface area contributed by atoms with Crippen LogP contribution >= 0.6 is 0 Å². The third-order valence-electron chi connectivity index (χ3n) is 4.76. The Labute approximate surface area is 158 Å². The SMILES string of the molecule is CC(=O)Nc1ccc2c(c1)C(=O)[C@H](C(=O)OC(C)(C)C)C1(CCNCC1)O2. The molecule has 1 fully saturated rings. The van der Waals surface area contributed by atoms with Gasteiger partial charge in [0.2, 0.25) is 5.91 Å². The minimum atomic E-state index is -1.03. The number of nitrogens with one attached hydrogen (secondary N) is 2. The number of rotatable bonds is 2. The normalized spacial score (nSPS) is 21.2. The summed E-state index contributed by atoms with van der Waals surface area (Å²) in [6.07, 6.45) is 1.07. The molecule has 2 aliphatic rings. The van der Waals surface area contributed by atoms with Crippen LogP contribution in [-0.2, 0) is 14.3 Å². The van der Waals surface area contributed by atoms with E-state index in [-0.39, 0.29) is 11.7 Å². The molecule has 146 valence electrons. The minimum absolute atomic E-state index is 0.238. The third-order valence-corrected chi connectivity index (χ3v) is 4.76. The fraction of sp³-hybridized carbons (Fsp3) is 0.550. The first-order chi connectivity index (χ1) is 12.6. The summed E-state index contributed by atoms with van der Waals surface area (Å²) in [5.41, 5.74) is -0.833. The molecule has 0 radical (unpaired) electrons. The number of anilines is 1. The van der Waals surface area contributed by atoms with Crippen molar-refractivity contribution in [2.75, 3.05) is 18.4 Å². The molecule has 3 rings (SSSR count). The van der Waals surface area contributed by atoms with Crippen molar-refractivity contribution in [3.05, 3.63) is 23.8 Å². The fourth-order valence-corrected chi connectivity index (χ4v) is 3.69. The highest BCUT2D eigenvalue weighted by Gasteiger charge is 2.55. The molecule has 0 aliphatic carbocycles. The number of amides is 1. The second kappa shape index (κ2) is 6.96. The second-order valence-corrected chi connectivity index (χ2v) is 8.14. The molecular weight excluding hydrogens is 348 g/mol. The van der Waals surface area contributed by atoms with Gasteiger partial charge in [-0.3, -0.25) is 14.4 Å². The predicted octanol–water partition coefficient (Wildman–Crippen LogP) is 2.30. The summed E-state index contributed by atoms with van der Waals surface area (Å²) in [4.78, 5) is 37.6. The summed E-state index contributed by atoms with van der Waals surface area (Å²) in [7, 11) is 0. The quantitative estimate of drug-likeness (QED) is 0.609. The zero-order chi connectivity index (χ0) is 19.8. The van der Waals surface area contributed by atoms with E-state index in [1.807, 2.05) is 0 Å². The van der Waals surface area contributed by atoms with Crippen molar-refractivity contribution in [1.82, 2.24) is 5.32 Å². The number of hydrogen-bond acceptors (Lipinski definition) is 6. The van der Waals surface area contributed by atoms with Crippen LogP contribution in [0, 0.1) is 5.92 Å². The maximum Gasteiger partial charge on any atom is 0.321 e. The number of hydrogen-bond donors (Lipinski definition) is 2. The lowest BCUT2D eigenvalue weighted by molar-refractivity contribution is -0.167. The van der Waals surface area contributed by atoms with Gasteiger partial charge in [-0.2, -0.15) is 0 Å². The van der Waals surface area contributed by atoms with Crippen molar-refractivity contribution in [2.45, 2.75) is 51.7 Å². The van der Waals surface area contributed by atoms with Gasteiger partial charge in [0, 0.05) is 25.5 Å². The van der Waals surface area contributed by atoms with Crippen molar-refractivity contribution < 1.29 is 23.9 Å². The zero-order valence-corrected chi connectivity index (χ0v) is 16.2. The Morgan fingerprint density at radius 2 is 1.93 bits per heavy atom. The minimum Gasteiger partial charge on any atom is -0.485 e. The van der Waals surface area contributed by atoms with E-state index < -0.39 is 23.1 Å². The highest BCUT2D eigenvalue weighted by molar-refractivity contribution is 6.12. The Bertz CT molecular complexity index is 775. The van der Waals surface area contributed by atoms with Crippen molar-refractivity contribution >= 4 is 23.3 Å². The third kappa shape index (κ3) is 3.98. The van der Waals surface area contributed by atoms with Gasteiger partial charge in [-0.15, -0.1) is 0 Å². The molecule has 2 N–H and O–H groups in total. The van der Waals surface area contributed by atoms with Crippen LogP contribution in [0.2, 0.25) is 0 Å². The van der Waals surface area contributed by atoms with Crippen LogP contribution in [-0.4, -0.2) is 42.0 Å². The summed E-state index contributed by atoms with van der Waals surface area (Å²) >= 11 is 0. The molecule has 2 heterocycles. The van der Waals surface area contributed by atoms with E-state index in [1.165, 1.54) is 6.92 Å². The number of fused-ring (bicyclic) bond motifs is 1. The van der Waals surface area contributed by atoms with Gasteiger partial charge in [-0.25, -0.2) is 0 Å². The molecule has 2 aliphatic heterocycles. The topological polar surface area (TPSA) is 93.7 Å². The Hall–Kier alpha value is -2.41. The van der Waals surface area contributed by atoms with Crippen LogP contribution in [0.3, 0.4) is 0 Å². The Morgan fingerprint density at radius 3 is 2.52 bits per heavy atom. The molecule has 1 amide bonds. The summed E-state index contributed by atoms with van der Waals surface area (Å²) in [6.45, 7) is 8.04. The number of Topliss-reactive ketones (excluding diaryl/α,β-unsaturated/α-hetero) is 1. The number of carbonyl (C=O) groups is 3. The molecule has 1 atom stereocenters. The van der Waals surface area contributed by atoms with Crippen LogP contribution in [0.1, 0.15) is 50.9 Å². The van der Waals surface area contributed by atoms with Crippen molar-refractivity contribution in [1.29, 1.82) is 0 Å². The summed E-state index contributed by atoms with van der Waals surface area (Å²) in [5.74, 6) is -1.71. The highest BCUT2D eigenvalue weighted by Crippen LogP contribution is 2.43. The van der Waals surface area contributed by atoms with Crippen molar-refractivity contribution in [3.8, 4) is 5.75 Å². The van der Waals surface area contributed by atoms with Crippen LogP contribution in [0.25, 0.3) is 0 Å². The van der Waals surface area contributed by atoms with Crippen LogP contribution in [0.5, 0.6) is 5.75 Å². The molecule has 7 heteroatoms. The van der Waals surface area contributed by atoms with Gasteiger partial charge in [0.05, 0.1) is 5.56 Å². The van der Waals surface area contributed by atoms with E-state index in [2.05, 4.69) is 10.6 Å². The molecule has 0 unspecified atom stereocenters. The number of esters is 1. The van der Waals surface area contributed by atoms with E-state index in [0.717, 1.165) is 0 Å². The molecule has 7 nitrogen and oxygen atoms in total. The lowest BCUT2D eigenvalue weighted by Gasteiger charge is -2.45. The average molecular weight is 374 g/mol. The molecular formula is C20H26N2O5. The second-order valence-electron chi connectivity index (χ2n) is 8.14. The molecule has 0 saturated carbocycles. The lowest BCUT2D eigenvalue weighted by Crippen LogP contribution is -2.59. The van der Waals surface area contributed by atoms with Gasteiger partial charge >= 0.3 is 5.97 Å². The maximum atomic E-state index is 13.3. The molecule has 0 bridgehead atoms. The number of piperidine rings is 1. The zero-order valence-electron chi connectivity index (χ0n) is 16.2. The Kier molecular flexibility index (Phi) is 4.99. The molecule has 1 spiro atoms. The largest absolute Gasteiger partial charge is 0.485 e. The summed E-state index contributed by atoms with van der Waals surface area (Å²) < 4.78 is 11.8. The predicted molar refractivity (Wildman–Crippen MR) is 99.9 cm³/mol. The van der Waals surface area contributed by atoms with E-state index in [0.29, 0.717) is 42.9 Å². The average Bonchev–Trinajstić information content (AvgIpc) is 2.54. The first kappa shape index (κ1) is 19.4. The van der Waals surface area contributed by atoms with E-state index >= 15 is 0 Å². The number of carbonyl (C=O) groups excluding carboxylic acids is 3. The van der Waals surface area contributed by atoms with Crippen LogP contribution < -0.4 is 15.4 Å². The van der Waals surface area contributed by atoms with Crippen molar-refractivity contribution in [3.63, 3.8) is 0 Å². The van der Waals surface area contributed by atoms with E-state index in [9.17, 15) is 14.4 Å². The fourth-order valence-electron chi connectivity index (χ4n) is 3.69. The van der Waals surface area contributed by atoms with E-state index in [4.69, 9.17) is 9.47 Å². The molecule has 0 aromatic heterocycles. The molecule has 1 aromatic carbocycles. The first-order valence-corrected chi connectivity index (χ1v) is 9.20. The number of ketones is 1. The Morgan fingerprint density at radius 1 is 1.26 bits per heavy atom. The standard InChI is InChI=1S/C20H26N2O5/c1-12(23)22-13-5-6-15-14(11-13)17(24)16(18(25)27-19(2,3)4)20(26-15)7-9-21-10-8-20/h5-6,11,16,21H,7-10H2,1-4H3,(H,22,23)/t16-/m1/s1. The monoisotopic (exact) mass is 374 g/mol.